The van der Waals surface area contributed by atoms with Crippen LogP contribution in [0.15, 0.2) is 36.4 Å². The molecular weight excluding hydrogens is 404 g/mol. The van der Waals surface area contributed by atoms with Gasteiger partial charge in [0.05, 0.1) is 11.6 Å². The first-order chi connectivity index (χ1) is 13.4. The van der Waals surface area contributed by atoms with Crippen LogP contribution in [0.2, 0.25) is 5.02 Å². The van der Waals surface area contributed by atoms with Gasteiger partial charge in [0, 0.05) is 35.1 Å². The van der Waals surface area contributed by atoms with Gasteiger partial charge in [0.2, 0.25) is 0 Å². The molecule has 0 amide bonds. The predicted octanol–water partition coefficient (Wildman–Crippen LogP) is 4.58. The molecule has 1 aliphatic heterocycles. The fourth-order valence-corrected chi connectivity index (χ4v) is 4.72. The van der Waals surface area contributed by atoms with E-state index in [2.05, 4.69) is 10.2 Å². The van der Waals surface area contributed by atoms with Gasteiger partial charge in [0.15, 0.2) is 5.82 Å². The van der Waals surface area contributed by atoms with E-state index >= 15 is 0 Å². The summed E-state index contributed by atoms with van der Waals surface area (Å²) in [6.45, 7) is 2.80. The standard InChI is InChI=1S/C20H18ClF2N3OS/c1-20(11-27)10-18-24-25-19(26(18)4-5-28-20)16-3-2-12(8-17(16)21)13-6-14(22)9-15(23)7-13/h2-3,6-9,27H,4-5,10-11H2,1H3. The lowest BCUT2D eigenvalue weighted by Crippen LogP contribution is -2.28. The molecule has 3 aromatic rings. The molecule has 1 aromatic heterocycles. The largest absolute Gasteiger partial charge is 0.395 e. The highest BCUT2D eigenvalue weighted by atomic mass is 35.5. The van der Waals surface area contributed by atoms with Crippen molar-refractivity contribution in [3.05, 3.63) is 58.9 Å². The van der Waals surface area contributed by atoms with E-state index in [1.165, 1.54) is 12.1 Å². The Morgan fingerprint density at radius 3 is 2.57 bits per heavy atom. The number of halogens is 3. The Kier molecular flexibility index (Phi) is 5.16. The van der Waals surface area contributed by atoms with E-state index in [9.17, 15) is 13.9 Å². The highest BCUT2D eigenvalue weighted by molar-refractivity contribution is 8.00. The second kappa shape index (κ2) is 7.46. The molecule has 2 heterocycles. The Morgan fingerprint density at radius 2 is 1.89 bits per heavy atom. The molecule has 1 atom stereocenters. The van der Waals surface area contributed by atoms with Crippen molar-refractivity contribution in [3.63, 3.8) is 0 Å². The fraction of sp³-hybridized carbons (Fsp3) is 0.300. The first-order valence-electron chi connectivity index (χ1n) is 8.82. The Balaban J connectivity index is 1.72. The highest BCUT2D eigenvalue weighted by Crippen LogP contribution is 2.36. The summed E-state index contributed by atoms with van der Waals surface area (Å²) in [4.78, 5) is 0. The molecule has 2 aromatic carbocycles. The fourth-order valence-electron chi connectivity index (χ4n) is 3.37. The minimum Gasteiger partial charge on any atom is -0.395 e. The molecule has 0 spiro atoms. The Hall–Kier alpha value is -1.96. The minimum atomic E-state index is -0.637. The number of nitrogens with zero attached hydrogens (tertiary/aromatic N) is 3. The molecule has 1 aliphatic rings. The van der Waals surface area contributed by atoms with Gasteiger partial charge in [-0.1, -0.05) is 17.7 Å². The predicted molar refractivity (Wildman–Crippen MR) is 107 cm³/mol. The Morgan fingerprint density at radius 1 is 1.14 bits per heavy atom. The number of aromatic nitrogens is 3. The molecule has 0 fully saturated rings. The van der Waals surface area contributed by atoms with E-state index in [1.807, 2.05) is 11.5 Å². The van der Waals surface area contributed by atoms with Crippen molar-refractivity contribution in [1.82, 2.24) is 14.8 Å². The molecule has 0 radical (unpaired) electrons. The maximum atomic E-state index is 13.5. The number of benzene rings is 2. The van der Waals surface area contributed by atoms with Crippen molar-refractivity contribution in [1.29, 1.82) is 0 Å². The van der Waals surface area contributed by atoms with Crippen LogP contribution in [0, 0.1) is 11.6 Å². The van der Waals surface area contributed by atoms with E-state index in [0.29, 0.717) is 40.5 Å². The van der Waals surface area contributed by atoms with E-state index in [0.717, 1.165) is 17.6 Å². The lowest BCUT2D eigenvalue weighted by atomic mass is 10.0. The molecule has 0 aliphatic carbocycles. The molecule has 1 unspecified atom stereocenters. The average Bonchev–Trinajstić information content (AvgIpc) is 2.94. The van der Waals surface area contributed by atoms with Crippen molar-refractivity contribution in [2.45, 2.75) is 24.6 Å². The van der Waals surface area contributed by atoms with Crippen LogP contribution in [-0.4, -0.2) is 37.0 Å². The van der Waals surface area contributed by atoms with Crippen LogP contribution in [0.4, 0.5) is 8.78 Å². The van der Waals surface area contributed by atoms with E-state index < -0.39 is 11.6 Å². The number of hydrogen-bond acceptors (Lipinski definition) is 4. The normalized spacial score (nSPS) is 19.3. The van der Waals surface area contributed by atoms with Crippen LogP contribution in [0.25, 0.3) is 22.5 Å². The number of thioether (sulfide) groups is 1. The van der Waals surface area contributed by atoms with Gasteiger partial charge in [-0.3, -0.25) is 0 Å². The zero-order valence-electron chi connectivity index (χ0n) is 15.1. The lowest BCUT2D eigenvalue weighted by molar-refractivity contribution is 0.254. The van der Waals surface area contributed by atoms with Gasteiger partial charge in [0.1, 0.15) is 17.5 Å². The Bertz CT molecular complexity index is 1020. The molecule has 0 saturated carbocycles. The molecule has 0 saturated heterocycles. The summed E-state index contributed by atoms with van der Waals surface area (Å²) in [7, 11) is 0. The molecule has 0 bridgehead atoms. The van der Waals surface area contributed by atoms with Crippen molar-refractivity contribution < 1.29 is 13.9 Å². The van der Waals surface area contributed by atoms with E-state index in [4.69, 9.17) is 11.6 Å². The van der Waals surface area contributed by atoms with Crippen LogP contribution >= 0.6 is 23.4 Å². The van der Waals surface area contributed by atoms with Crippen LogP contribution in [-0.2, 0) is 13.0 Å². The number of hydrogen-bond donors (Lipinski definition) is 1. The quantitative estimate of drug-likeness (QED) is 0.672. The zero-order chi connectivity index (χ0) is 19.9. The van der Waals surface area contributed by atoms with Gasteiger partial charge in [-0.15, -0.1) is 10.2 Å². The number of fused-ring (bicyclic) bond motifs is 1. The van der Waals surface area contributed by atoms with Crippen LogP contribution in [0.1, 0.15) is 12.7 Å². The number of aliphatic hydroxyl groups excluding tert-OH is 1. The molecule has 146 valence electrons. The summed E-state index contributed by atoms with van der Waals surface area (Å²) in [5.74, 6) is 1.02. The van der Waals surface area contributed by atoms with Gasteiger partial charge < -0.3 is 9.67 Å². The second-order valence-corrected chi connectivity index (χ2v) is 9.17. The van der Waals surface area contributed by atoms with Crippen molar-refractivity contribution in [2.75, 3.05) is 12.4 Å². The van der Waals surface area contributed by atoms with Gasteiger partial charge in [-0.05, 0) is 42.3 Å². The lowest BCUT2D eigenvalue weighted by Gasteiger charge is -2.23. The van der Waals surface area contributed by atoms with Crippen molar-refractivity contribution >= 4 is 23.4 Å². The molecule has 28 heavy (non-hydrogen) atoms. The molecular formula is C20H18ClF2N3OS. The summed E-state index contributed by atoms with van der Waals surface area (Å²) in [5.41, 5.74) is 1.74. The Labute approximate surface area is 170 Å². The second-order valence-electron chi connectivity index (χ2n) is 7.08. The van der Waals surface area contributed by atoms with Crippen LogP contribution in [0.5, 0.6) is 0 Å². The van der Waals surface area contributed by atoms with Crippen molar-refractivity contribution in [2.24, 2.45) is 0 Å². The first-order valence-corrected chi connectivity index (χ1v) is 10.2. The highest BCUT2D eigenvalue weighted by Gasteiger charge is 2.31. The summed E-state index contributed by atoms with van der Waals surface area (Å²) in [6.07, 6.45) is 0.611. The van der Waals surface area contributed by atoms with E-state index in [1.54, 1.807) is 30.0 Å². The van der Waals surface area contributed by atoms with Gasteiger partial charge in [-0.2, -0.15) is 11.8 Å². The maximum Gasteiger partial charge on any atom is 0.165 e. The molecule has 4 rings (SSSR count). The topological polar surface area (TPSA) is 50.9 Å². The zero-order valence-corrected chi connectivity index (χ0v) is 16.7. The third-order valence-corrected chi connectivity index (χ3v) is 6.53. The third-order valence-electron chi connectivity index (χ3n) is 4.87. The summed E-state index contributed by atoms with van der Waals surface area (Å²) in [5, 5.41) is 18.8. The molecule has 4 nitrogen and oxygen atoms in total. The summed E-state index contributed by atoms with van der Waals surface area (Å²) >= 11 is 8.22. The third kappa shape index (κ3) is 3.66. The smallest absolute Gasteiger partial charge is 0.165 e. The van der Waals surface area contributed by atoms with Crippen molar-refractivity contribution in [3.8, 4) is 22.5 Å². The SMILES string of the molecule is CC1(CO)Cc2nnc(-c3ccc(-c4cc(F)cc(F)c4)cc3Cl)n2CCS1. The van der Waals surface area contributed by atoms with E-state index in [-0.39, 0.29) is 11.4 Å². The summed E-state index contributed by atoms with van der Waals surface area (Å²) in [6, 6.07) is 8.61. The van der Waals surface area contributed by atoms with Gasteiger partial charge in [-0.25, -0.2) is 8.78 Å². The molecule has 8 heteroatoms. The molecule has 1 N–H and O–H groups in total. The maximum absolute atomic E-state index is 13.5. The monoisotopic (exact) mass is 421 g/mol. The minimum absolute atomic E-state index is 0.0690. The van der Waals surface area contributed by atoms with Crippen LogP contribution < -0.4 is 0 Å². The number of aliphatic hydroxyl groups is 1. The van der Waals surface area contributed by atoms with Gasteiger partial charge >= 0.3 is 0 Å². The van der Waals surface area contributed by atoms with Crippen LogP contribution in [0.3, 0.4) is 0 Å². The first kappa shape index (κ1) is 19.4. The average molecular weight is 422 g/mol. The number of rotatable bonds is 3. The summed E-state index contributed by atoms with van der Waals surface area (Å²) < 4.78 is 28.8. The van der Waals surface area contributed by atoms with Gasteiger partial charge in [0.25, 0.3) is 0 Å².